The summed E-state index contributed by atoms with van der Waals surface area (Å²) in [5, 5.41) is 17.5. The average Bonchev–Trinajstić information content (AvgIpc) is 2.83. The number of rotatable bonds is 2. The van der Waals surface area contributed by atoms with Crippen LogP contribution in [0, 0.1) is 6.92 Å². The zero-order valence-electron chi connectivity index (χ0n) is 12.2. The van der Waals surface area contributed by atoms with Gasteiger partial charge in [0.1, 0.15) is 17.4 Å². The largest absolute Gasteiger partial charge is 0.508 e. The Hall–Kier alpha value is -2.63. The number of hydrogen-bond acceptors (Lipinski definition) is 5. The van der Waals surface area contributed by atoms with Gasteiger partial charge in [-0.2, -0.15) is 5.10 Å². The normalized spacial score (nSPS) is 11.4. The molecular formula is C15H17N5O. The average molecular weight is 283 g/mol. The lowest BCUT2D eigenvalue weighted by Gasteiger charge is -2.07. The Morgan fingerprint density at radius 1 is 1.24 bits per heavy atom. The molecule has 0 aliphatic heterocycles. The van der Waals surface area contributed by atoms with Crippen LogP contribution in [0.3, 0.4) is 0 Å². The van der Waals surface area contributed by atoms with Gasteiger partial charge in [-0.1, -0.05) is 13.8 Å². The second-order valence-corrected chi connectivity index (χ2v) is 5.42. The molecule has 4 N–H and O–H groups in total. The van der Waals surface area contributed by atoms with E-state index in [-0.39, 0.29) is 11.7 Å². The molecule has 0 bridgehead atoms. The number of anilines is 1. The van der Waals surface area contributed by atoms with Gasteiger partial charge in [0.05, 0.1) is 11.1 Å². The first kappa shape index (κ1) is 13.4. The molecule has 0 saturated carbocycles. The molecular weight excluding hydrogens is 266 g/mol. The number of aromatic hydroxyl groups is 1. The second-order valence-electron chi connectivity index (χ2n) is 5.42. The Kier molecular flexibility index (Phi) is 3.01. The van der Waals surface area contributed by atoms with E-state index in [1.165, 1.54) is 0 Å². The number of nitrogens with one attached hydrogen (secondary N) is 1. The highest BCUT2D eigenvalue weighted by Crippen LogP contribution is 2.32. The number of aromatic amines is 1. The molecule has 2 heterocycles. The molecule has 0 aliphatic carbocycles. The van der Waals surface area contributed by atoms with Gasteiger partial charge in [-0.15, -0.1) is 0 Å². The van der Waals surface area contributed by atoms with Crippen molar-refractivity contribution in [2.45, 2.75) is 26.7 Å². The molecule has 0 amide bonds. The van der Waals surface area contributed by atoms with Crippen molar-refractivity contribution in [3.05, 3.63) is 29.6 Å². The Morgan fingerprint density at radius 2 is 2.00 bits per heavy atom. The third kappa shape index (κ3) is 2.18. The molecule has 0 unspecified atom stereocenters. The number of hydrogen-bond donors (Lipinski definition) is 3. The van der Waals surface area contributed by atoms with Gasteiger partial charge in [0, 0.05) is 11.5 Å². The van der Waals surface area contributed by atoms with Crippen molar-refractivity contribution in [1.29, 1.82) is 0 Å². The second kappa shape index (κ2) is 4.73. The van der Waals surface area contributed by atoms with E-state index < -0.39 is 0 Å². The molecule has 0 spiro atoms. The zero-order valence-corrected chi connectivity index (χ0v) is 12.2. The van der Waals surface area contributed by atoms with Gasteiger partial charge < -0.3 is 10.8 Å². The maximum absolute atomic E-state index is 9.53. The Morgan fingerprint density at radius 3 is 2.67 bits per heavy atom. The van der Waals surface area contributed by atoms with E-state index in [1.807, 2.05) is 26.8 Å². The Balaban J connectivity index is 2.25. The fourth-order valence-corrected chi connectivity index (χ4v) is 2.35. The highest BCUT2D eigenvalue weighted by molar-refractivity contribution is 5.98. The number of aromatic nitrogens is 4. The van der Waals surface area contributed by atoms with E-state index in [9.17, 15) is 5.11 Å². The minimum Gasteiger partial charge on any atom is -0.508 e. The molecule has 2 aromatic heterocycles. The zero-order chi connectivity index (χ0) is 15.1. The number of phenols is 1. The number of H-pyrrole nitrogens is 1. The van der Waals surface area contributed by atoms with Crippen LogP contribution in [-0.4, -0.2) is 25.3 Å². The minimum absolute atomic E-state index is 0.187. The lowest BCUT2D eigenvalue weighted by atomic mass is 10.0. The Labute approximate surface area is 122 Å². The summed E-state index contributed by atoms with van der Waals surface area (Å²) in [6, 6.07) is 5.16. The predicted molar refractivity (Wildman–Crippen MR) is 82.0 cm³/mol. The van der Waals surface area contributed by atoms with E-state index in [4.69, 9.17) is 5.73 Å². The van der Waals surface area contributed by atoms with E-state index in [1.54, 1.807) is 12.1 Å². The highest BCUT2D eigenvalue weighted by atomic mass is 16.3. The molecule has 6 nitrogen and oxygen atoms in total. The number of nitrogens with two attached hydrogens (primary N) is 1. The van der Waals surface area contributed by atoms with Crippen molar-refractivity contribution in [1.82, 2.24) is 20.2 Å². The number of aryl methyl sites for hydroxylation is 1. The van der Waals surface area contributed by atoms with Crippen molar-refractivity contribution in [2.24, 2.45) is 0 Å². The summed E-state index contributed by atoms with van der Waals surface area (Å²) < 4.78 is 0. The molecule has 21 heavy (non-hydrogen) atoms. The maximum Gasteiger partial charge on any atom is 0.187 e. The van der Waals surface area contributed by atoms with Crippen LogP contribution in [0.5, 0.6) is 5.75 Å². The summed E-state index contributed by atoms with van der Waals surface area (Å²) in [5.74, 6) is 1.51. The molecule has 3 aromatic rings. The summed E-state index contributed by atoms with van der Waals surface area (Å²) in [5.41, 5.74) is 9.28. The van der Waals surface area contributed by atoms with Crippen molar-refractivity contribution < 1.29 is 5.11 Å². The van der Waals surface area contributed by atoms with Gasteiger partial charge in [0.15, 0.2) is 5.65 Å². The molecule has 0 saturated heterocycles. The quantitative estimate of drug-likeness (QED) is 0.671. The summed E-state index contributed by atoms with van der Waals surface area (Å²) >= 11 is 0. The molecule has 0 atom stereocenters. The smallest absolute Gasteiger partial charge is 0.187 e. The van der Waals surface area contributed by atoms with Crippen LogP contribution in [0.1, 0.15) is 31.2 Å². The van der Waals surface area contributed by atoms with Gasteiger partial charge in [-0.05, 0) is 30.7 Å². The molecule has 1 aromatic carbocycles. The lowest BCUT2D eigenvalue weighted by Crippen LogP contribution is -2.02. The van der Waals surface area contributed by atoms with Gasteiger partial charge in [0.25, 0.3) is 0 Å². The molecule has 0 fully saturated rings. The number of phenolic OH excluding ortho intramolecular Hbond substituents is 1. The van der Waals surface area contributed by atoms with Crippen LogP contribution in [0.2, 0.25) is 0 Å². The number of fused-ring (bicyclic) bond motifs is 1. The molecule has 0 aliphatic rings. The van der Waals surface area contributed by atoms with Gasteiger partial charge in [-0.3, -0.25) is 5.10 Å². The van der Waals surface area contributed by atoms with E-state index in [0.29, 0.717) is 22.7 Å². The first-order valence-corrected chi connectivity index (χ1v) is 6.79. The standard InChI is InChI=1S/C15H17N5O/c1-7(2)14-17-13(16)11-12(19-20-15(11)18-14)10-5-4-9(21)6-8(10)3/h4-7,21H,1-3H3,(H3,16,17,18,19,20). The van der Waals surface area contributed by atoms with Crippen LogP contribution >= 0.6 is 0 Å². The van der Waals surface area contributed by atoms with Gasteiger partial charge >= 0.3 is 0 Å². The Bertz CT molecular complexity index is 822. The van der Waals surface area contributed by atoms with Crippen LogP contribution in [0.15, 0.2) is 18.2 Å². The SMILES string of the molecule is Cc1cc(O)ccc1-c1[nH]nc2nc(C(C)C)nc(N)c12. The van der Waals surface area contributed by atoms with Crippen LogP contribution in [0.25, 0.3) is 22.3 Å². The predicted octanol–water partition coefficient (Wildman–Crippen LogP) is 2.74. The van der Waals surface area contributed by atoms with Gasteiger partial charge in [-0.25, -0.2) is 9.97 Å². The van der Waals surface area contributed by atoms with E-state index >= 15 is 0 Å². The fraction of sp³-hybridized carbons (Fsp3) is 0.267. The molecule has 3 rings (SSSR count). The number of benzene rings is 1. The van der Waals surface area contributed by atoms with Crippen LogP contribution in [-0.2, 0) is 0 Å². The summed E-state index contributed by atoms with van der Waals surface area (Å²) in [4.78, 5) is 8.81. The van der Waals surface area contributed by atoms with Crippen LogP contribution < -0.4 is 5.73 Å². The monoisotopic (exact) mass is 283 g/mol. The van der Waals surface area contributed by atoms with Gasteiger partial charge in [0.2, 0.25) is 0 Å². The first-order chi connectivity index (χ1) is 9.97. The molecule has 6 heteroatoms. The van der Waals surface area contributed by atoms with Crippen molar-refractivity contribution in [3.63, 3.8) is 0 Å². The van der Waals surface area contributed by atoms with Crippen molar-refractivity contribution in [2.75, 3.05) is 5.73 Å². The number of nitrogens with zero attached hydrogens (tertiary/aromatic N) is 3. The summed E-state index contributed by atoms with van der Waals surface area (Å²) in [6.45, 7) is 5.94. The summed E-state index contributed by atoms with van der Waals surface area (Å²) in [7, 11) is 0. The maximum atomic E-state index is 9.53. The van der Waals surface area contributed by atoms with E-state index in [2.05, 4.69) is 20.2 Å². The molecule has 0 radical (unpaired) electrons. The van der Waals surface area contributed by atoms with Crippen molar-refractivity contribution in [3.8, 4) is 17.0 Å². The lowest BCUT2D eigenvalue weighted by molar-refractivity contribution is 0.475. The highest BCUT2D eigenvalue weighted by Gasteiger charge is 2.17. The third-order valence-electron chi connectivity index (χ3n) is 3.45. The van der Waals surface area contributed by atoms with Crippen molar-refractivity contribution >= 4 is 16.9 Å². The molecule has 108 valence electrons. The fourth-order valence-electron chi connectivity index (χ4n) is 2.35. The summed E-state index contributed by atoms with van der Waals surface area (Å²) in [6.07, 6.45) is 0. The third-order valence-corrected chi connectivity index (χ3v) is 3.45. The number of nitrogen functional groups attached to an aromatic ring is 1. The minimum atomic E-state index is 0.187. The van der Waals surface area contributed by atoms with E-state index in [0.717, 1.165) is 16.8 Å². The first-order valence-electron chi connectivity index (χ1n) is 6.79. The van der Waals surface area contributed by atoms with Crippen LogP contribution in [0.4, 0.5) is 5.82 Å². The topological polar surface area (TPSA) is 101 Å².